The summed E-state index contributed by atoms with van der Waals surface area (Å²) in [7, 11) is -4.31. The third-order valence-corrected chi connectivity index (χ3v) is 8.89. The Morgan fingerprint density at radius 1 is 0.967 bits per heavy atom. The van der Waals surface area contributed by atoms with Gasteiger partial charge in [-0.2, -0.15) is 4.31 Å². The van der Waals surface area contributed by atoms with Gasteiger partial charge in [-0.3, -0.25) is 4.79 Å². The van der Waals surface area contributed by atoms with Crippen molar-refractivity contribution in [2.75, 3.05) is 32.5 Å². The van der Waals surface area contributed by atoms with E-state index < -0.39 is 26.0 Å². The third kappa shape index (κ3) is 4.41. The first-order valence-corrected chi connectivity index (χ1v) is 12.4. The van der Waals surface area contributed by atoms with E-state index in [0.29, 0.717) is 24.3 Å². The van der Waals surface area contributed by atoms with Crippen LogP contribution in [0.1, 0.15) is 28.8 Å². The summed E-state index contributed by atoms with van der Waals surface area (Å²) in [5, 5.41) is 2.67. The minimum Gasteiger partial charge on any atom is -0.322 e. The van der Waals surface area contributed by atoms with Gasteiger partial charge in [-0.1, -0.05) is 6.07 Å². The van der Waals surface area contributed by atoms with Crippen LogP contribution >= 0.6 is 0 Å². The van der Waals surface area contributed by atoms with Gasteiger partial charge in [-0.05, 0) is 61.7 Å². The molecule has 8 nitrogen and oxygen atoms in total. The Kier molecular flexibility index (Phi) is 6.32. The molecule has 1 fully saturated rings. The van der Waals surface area contributed by atoms with Gasteiger partial charge >= 0.3 is 0 Å². The summed E-state index contributed by atoms with van der Waals surface area (Å²) in [6.07, 6.45) is 1.70. The molecule has 1 saturated heterocycles. The van der Waals surface area contributed by atoms with Gasteiger partial charge in [-0.25, -0.2) is 21.1 Å². The molecular formula is C20H25N3O5S2. The van der Waals surface area contributed by atoms with Crippen molar-refractivity contribution < 1.29 is 21.6 Å². The van der Waals surface area contributed by atoms with Crippen LogP contribution in [0.4, 0.5) is 5.69 Å². The first kappa shape index (κ1) is 22.4. The van der Waals surface area contributed by atoms with Gasteiger partial charge in [0.25, 0.3) is 5.91 Å². The second-order valence-electron chi connectivity index (χ2n) is 7.36. The van der Waals surface area contributed by atoms with E-state index in [1.807, 2.05) is 0 Å². The highest BCUT2D eigenvalue weighted by molar-refractivity contribution is 7.89. The molecule has 162 valence electrons. The molecule has 1 N–H and O–H groups in total. The smallest absolute Gasteiger partial charge is 0.255 e. The van der Waals surface area contributed by atoms with Gasteiger partial charge in [0.15, 0.2) is 0 Å². The predicted molar refractivity (Wildman–Crippen MR) is 114 cm³/mol. The van der Waals surface area contributed by atoms with Gasteiger partial charge in [0.2, 0.25) is 20.0 Å². The minimum atomic E-state index is -3.65. The number of hydrogen-bond donors (Lipinski definition) is 1. The summed E-state index contributed by atoms with van der Waals surface area (Å²) in [4.78, 5) is 12.8. The summed E-state index contributed by atoms with van der Waals surface area (Å²) >= 11 is 0. The molecule has 10 heteroatoms. The van der Waals surface area contributed by atoms with Gasteiger partial charge in [0, 0.05) is 38.4 Å². The van der Waals surface area contributed by atoms with E-state index in [2.05, 4.69) is 5.32 Å². The zero-order valence-corrected chi connectivity index (χ0v) is 18.8. The Morgan fingerprint density at radius 2 is 1.57 bits per heavy atom. The van der Waals surface area contributed by atoms with Crippen molar-refractivity contribution in [3.05, 3.63) is 53.6 Å². The molecule has 2 aromatic rings. The molecule has 0 atom stereocenters. The molecule has 0 spiro atoms. The molecule has 0 bridgehead atoms. The molecule has 1 amide bonds. The van der Waals surface area contributed by atoms with E-state index in [1.165, 1.54) is 48.7 Å². The van der Waals surface area contributed by atoms with Crippen LogP contribution in [-0.2, 0) is 20.0 Å². The number of benzene rings is 2. The standard InChI is InChI=1S/C20H25N3O5S2/c1-15-6-9-17(14-19(15)30(27,28)22(2)3)21-20(24)16-7-10-18(11-8-16)29(25,26)23-12-4-5-13-23/h6-11,14H,4-5,12-13H2,1-3H3,(H,21,24). The molecule has 2 aromatic carbocycles. The maximum atomic E-state index is 12.6. The first-order valence-electron chi connectivity index (χ1n) is 9.48. The highest BCUT2D eigenvalue weighted by Gasteiger charge is 2.27. The Morgan fingerprint density at radius 3 is 2.13 bits per heavy atom. The lowest BCUT2D eigenvalue weighted by Crippen LogP contribution is -2.27. The van der Waals surface area contributed by atoms with Crippen LogP contribution in [0.25, 0.3) is 0 Å². The molecule has 0 radical (unpaired) electrons. The summed E-state index contributed by atoms with van der Waals surface area (Å²) in [5.74, 6) is -0.461. The van der Waals surface area contributed by atoms with Crippen LogP contribution < -0.4 is 5.32 Å². The van der Waals surface area contributed by atoms with Crippen LogP contribution in [0.3, 0.4) is 0 Å². The summed E-state index contributed by atoms with van der Waals surface area (Å²) in [6, 6.07) is 10.4. The molecule has 0 aliphatic carbocycles. The average Bonchev–Trinajstić information content (AvgIpc) is 3.25. The monoisotopic (exact) mass is 451 g/mol. The largest absolute Gasteiger partial charge is 0.322 e. The van der Waals surface area contributed by atoms with Crippen molar-refractivity contribution in [2.45, 2.75) is 29.6 Å². The topological polar surface area (TPSA) is 104 Å². The zero-order valence-electron chi connectivity index (χ0n) is 17.1. The average molecular weight is 452 g/mol. The number of nitrogens with one attached hydrogen (secondary N) is 1. The maximum absolute atomic E-state index is 12.6. The third-order valence-electron chi connectivity index (χ3n) is 5.02. The number of nitrogens with zero attached hydrogens (tertiary/aromatic N) is 2. The Labute approximate surface area is 177 Å². The van der Waals surface area contributed by atoms with Crippen LogP contribution in [0.2, 0.25) is 0 Å². The zero-order chi connectivity index (χ0) is 22.1. The van der Waals surface area contributed by atoms with Crippen molar-refractivity contribution in [3.8, 4) is 0 Å². The van der Waals surface area contributed by atoms with E-state index in [4.69, 9.17) is 0 Å². The van der Waals surface area contributed by atoms with E-state index >= 15 is 0 Å². The van der Waals surface area contributed by atoms with Crippen LogP contribution in [-0.4, -0.2) is 58.5 Å². The van der Waals surface area contributed by atoms with Gasteiger partial charge in [-0.15, -0.1) is 0 Å². The van der Waals surface area contributed by atoms with E-state index in [-0.39, 0.29) is 15.4 Å². The van der Waals surface area contributed by atoms with Crippen LogP contribution in [0.15, 0.2) is 52.3 Å². The molecule has 0 unspecified atom stereocenters. The molecule has 3 rings (SSSR count). The summed E-state index contributed by atoms with van der Waals surface area (Å²) in [5.41, 5.74) is 1.17. The maximum Gasteiger partial charge on any atom is 0.255 e. The Balaban J connectivity index is 1.80. The quantitative estimate of drug-likeness (QED) is 0.726. The molecule has 1 aliphatic heterocycles. The molecule has 0 saturated carbocycles. The SMILES string of the molecule is Cc1ccc(NC(=O)c2ccc(S(=O)(=O)N3CCCC3)cc2)cc1S(=O)(=O)N(C)C. The molecular weight excluding hydrogens is 426 g/mol. The van der Waals surface area contributed by atoms with Gasteiger partial charge in [0.05, 0.1) is 9.79 Å². The highest BCUT2D eigenvalue weighted by atomic mass is 32.2. The fraction of sp³-hybridized carbons (Fsp3) is 0.350. The van der Waals surface area contributed by atoms with E-state index in [9.17, 15) is 21.6 Å². The van der Waals surface area contributed by atoms with E-state index in [0.717, 1.165) is 17.1 Å². The van der Waals surface area contributed by atoms with Crippen molar-refractivity contribution in [3.63, 3.8) is 0 Å². The minimum absolute atomic E-state index is 0.109. The first-order chi connectivity index (χ1) is 14.0. The van der Waals surface area contributed by atoms with Crippen molar-refractivity contribution >= 4 is 31.6 Å². The lowest BCUT2D eigenvalue weighted by Gasteiger charge is -2.16. The fourth-order valence-corrected chi connectivity index (χ4v) is 5.87. The van der Waals surface area contributed by atoms with E-state index in [1.54, 1.807) is 19.1 Å². The fourth-order valence-electron chi connectivity index (χ4n) is 3.21. The number of hydrogen-bond acceptors (Lipinski definition) is 5. The number of aryl methyl sites for hydroxylation is 1. The molecule has 30 heavy (non-hydrogen) atoms. The number of rotatable bonds is 6. The second-order valence-corrected chi connectivity index (χ2v) is 11.4. The number of sulfonamides is 2. The Hall–Kier alpha value is -2.27. The Bertz CT molecular complexity index is 1150. The number of anilines is 1. The molecule has 1 heterocycles. The predicted octanol–water partition coefficient (Wildman–Crippen LogP) is 2.28. The van der Waals surface area contributed by atoms with Crippen molar-refractivity contribution in [1.29, 1.82) is 0 Å². The normalized spacial score (nSPS) is 15.5. The van der Waals surface area contributed by atoms with Crippen LogP contribution in [0, 0.1) is 6.92 Å². The second kappa shape index (κ2) is 8.46. The number of carbonyl (C=O) groups excluding carboxylic acids is 1. The van der Waals surface area contributed by atoms with Crippen molar-refractivity contribution in [1.82, 2.24) is 8.61 Å². The lowest BCUT2D eigenvalue weighted by atomic mass is 10.2. The van der Waals surface area contributed by atoms with Crippen LogP contribution in [0.5, 0.6) is 0 Å². The van der Waals surface area contributed by atoms with Crippen molar-refractivity contribution in [2.24, 2.45) is 0 Å². The molecule has 0 aromatic heterocycles. The van der Waals surface area contributed by atoms with Gasteiger partial charge < -0.3 is 5.32 Å². The number of carbonyl (C=O) groups is 1. The highest BCUT2D eigenvalue weighted by Crippen LogP contribution is 2.24. The lowest BCUT2D eigenvalue weighted by molar-refractivity contribution is 0.102. The van der Waals surface area contributed by atoms with Gasteiger partial charge in [0.1, 0.15) is 0 Å². The summed E-state index contributed by atoms with van der Waals surface area (Å²) in [6.45, 7) is 2.70. The summed E-state index contributed by atoms with van der Waals surface area (Å²) < 4.78 is 52.6. The number of amides is 1. The molecule has 1 aliphatic rings.